The summed E-state index contributed by atoms with van der Waals surface area (Å²) in [4.78, 5) is 0. The summed E-state index contributed by atoms with van der Waals surface area (Å²) in [7, 11) is -3.91. The molecular weight excluding hydrogens is 344 g/mol. The Balaban J connectivity index is 2.76. The van der Waals surface area contributed by atoms with Gasteiger partial charge in [0.2, 0.25) is 0 Å². The Kier molecular flexibility index (Phi) is 3.99. The van der Waals surface area contributed by atoms with Crippen molar-refractivity contribution in [2.75, 3.05) is 0 Å². The van der Waals surface area contributed by atoms with Crippen LogP contribution in [0.3, 0.4) is 0 Å². The van der Waals surface area contributed by atoms with E-state index in [0.717, 1.165) is 15.6 Å². The predicted molar refractivity (Wildman–Crippen MR) is 79.7 cm³/mol. The van der Waals surface area contributed by atoms with Crippen molar-refractivity contribution in [2.45, 2.75) is 32.0 Å². The van der Waals surface area contributed by atoms with E-state index in [0.29, 0.717) is 5.82 Å². The van der Waals surface area contributed by atoms with Crippen LogP contribution in [0.1, 0.15) is 25.5 Å². The van der Waals surface area contributed by atoms with Crippen LogP contribution in [0.15, 0.2) is 27.8 Å². The molecule has 0 saturated carbocycles. The summed E-state index contributed by atoms with van der Waals surface area (Å²) in [5.41, 5.74) is 1.78. The minimum absolute atomic E-state index is 0.133. The van der Waals surface area contributed by atoms with Crippen LogP contribution in [0, 0.1) is 6.92 Å². The summed E-state index contributed by atoms with van der Waals surface area (Å²) in [6, 6.07) is 5.51. The summed E-state index contributed by atoms with van der Waals surface area (Å²) < 4.78 is 25.7. The molecule has 1 heterocycles. The molecule has 8 heteroatoms. The fourth-order valence-electron chi connectivity index (χ4n) is 1.97. The lowest BCUT2D eigenvalue weighted by Gasteiger charge is -2.14. The van der Waals surface area contributed by atoms with Gasteiger partial charge in [-0.25, -0.2) is 13.6 Å². The van der Waals surface area contributed by atoms with Gasteiger partial charge in [-0.1, -0.05) is 28.1 Å². The zero-order chi connectivity index (χ0) is 15.1. The minimum atomic E-state index is -3.91. The van der Waals surface area contributed by atoms with Crippen LogP contribution in [-0.4, -0.2) is 23.2 Å². The molecule has 2 aromatic rings. The summed E-state index contributed by atoms with van der Waals surface area (Å²) >= 11 is 3.45. The molecule has 0 fully saturated rings. The van der Waals surface area contributed by atoms with E-state index in [4.69, 9.17) is 5.14 Å². The molecule has 6 nitrogen and oxygen atoms in total. The van der Waals surface area contributed by atoms with Crippen LogP contribution in [0.25, 0.3) is 11.4 Å². The average Bonchev–Trinajstić information content (AvgIpc) is 2.77. The van der Waals surface area contributed by atoms with Crippen molar-refractivity contribution in [1.29, 1.82) is 0 Å². The van der Waals surface area contributed by atoms with E-state index in [1.54, 1.807) is 0 Å². The molecule has 1 aromatic carbocycles. The first-order chi connectivity index (χ1) is 9.23. The van der Waals surface area contributed by atoms with Crippen LogP contribution < -0.4 is 5.14 Å². The highest BCUT2D eigenvalue weighted by Crippen LogP contribution is 2.30. The molecule has 0 atom stereocenters. The van der Waals surface area contributed by atoms with Crippen LogP contribution >= 0.6 is 15.9 Å². The minimum Gasteiger partial charge on any atom is -0.294 e. The summed E-state index contributed by atoms with van der Waals surface area (Å²) in [5.74, 6) is 0.489. The van der Waals surface area contributed by atoms with Crippen molar-refractivity contribution < 1.29 is 8.42 Å². The van der Waals surface area contributed by atoms with Gasteiger partial charge in [-0.2, -0.15) is 0 Å². The monoisotopic (exact) mass is 358 g/mol. The number of aromatic nitrogens is 3. The standard InChI is InChI=1S/C12H15BrN4O2S/c1-7(2)17-11(15-16-12(17)20(14,18)19)9-5-4-6-10(13)8(9)3/h4-7H,1-3H3,(H2,14,18,19). The van der Waals surface area contributed by atoms with E-state index in [2.05, 4.69) is 26.1 Å². The lowest BCUT2D eigenvalue weighted by atomic mass is 10.1. The van der Waals surface area contributed by atoms with Gasteiger partial charge in [0, 0.05) is 16.1 Å². The normalized spacial score (nSPS) is 12.1. The molecule has 0 bridgehead atoms. The van der Waals surface area contributed by atoms with Gasteiger partial charge in [-0.15, -0.1) is 10.2 Å². The van der Waals surface area contributed by atoms with Gasteiger partial charge in [-0.05, 0) is 32.4 Å². The fraction of sp³-hybridized carbons (Fsp3) is 0.333. The highest BCUT2D eigenvalue weighted by Gasteiger charge is 2.24. The number of sulfonamides is 1. The second-order valence-corrected chi connectivity index (χ2v) is 7.04. The Morgan fingerprint density at radius 2 is 1.95 bits per heavy atom. The smallest absolute Gasteiger partial charge is 0.273 e. The molecule has 0 aliphatic heterocycles. The Morgan fingerprint density at radius 1 is 1.30 bits per heavy atom. The molecule has 1 aromatic heterocycles. The second kappa shape index (κ2) is 5.27. The van der Waals surface area contributed by atoms with Gasteiger partial charge in [0.25, 0.3) is 15.2 Å². The molecular formula is C12H15BrN4O2S. The van der Waals surface area contributed by atoms with Gasteiger partial charge in [0.05, 0.1) is 0 Å². The molecule has 0 spiro atoms. The van der Waals surface area contributed by atoms with Crippen molar-refractivity contribution in [3.63, 3.8) is 0 Å². The maximum atomic E-state index is 11.6. The first kappa shape index (κ1) is 15.1. The first-order valence-electron chi connectivity index (χ1n) is 5.96. The summed E-state index contributed by atoms with van der Waals surface area (Å²) in [5, 5.41) is 12.7. The topological polar surface area (TPSA) is 90.9 Å². The molecule has 0 radical (unpaired) electrons. The van der Waals surface area contributed by atoms with E-state index in [9.17, 15) is 8.42 Å². The molecule has 2 rings (SSSR count). The third-order valence-corrected chi connectivity index (χ3v) is 4.59. The van der Waals surface area contributed by atoms with E-state index in [1.165, 1.54) is 4.57 Å². The van der Waals surface area contributed by atoms with Gasteiger partial charge in [0.1, 0.15) is 0 Å². The quantitative estimate of drug-likeness (QED) is 0.910. The highest BCUT2D eigenvalue weighted by atomic mass is 79.9. The van der Waals surface area contributed by atoms with Crippen molar-refractivity contribution in [3.8, 4) is 11.4 Å². The number of nitrogens with two attached hydrogens (primary N) is 1. The summed E-state index contributed by atoms with van der Waals surface area (Å²) in [6.07, 6.45) is 0. The number of rotatable bonds is 3. The largest absolute Gasteiger partial charge is 0.294 e. The Morgan fingerprint density at radius 3 is 2.50 bits per heavy atom. The highest BCUT2D eigenvalue weighted by molar-refractivity contribution is 9.10. The molecule has 0 saturated heterocycles. The van der Waals surface area contributed by atoms with Crippen LogP contribution in [0.2, 0.25) is 0 Å². The van der Waals surface area contributed by atoms with Crippen molar-refractivity contribution in [2.24, 2.45) is 5.14 Å². The molecule has 2 N–H and O–H groups in total. The molecule has 108 valence electrons. The maximum absolute atomic E-state index is 11.6. The molecule has 0 amide bonds. The van der Waals surface area contributed by atoms with E-state index in [1.807, 2.05) is 39.0 Å². The zero-order valence-electron chi connectivity index (χ0n) is 11.3. The van der Waals surface area contributed by atoms with Gasteiger partial charge < -0.3 is 0 Å². The fourth-order valence-corrected chi connectivity index (χ4v) is 3.06. The third kappa shape index (κ3) is 2.63. The van der Waals surface area contributed by atoms with Gasteiger partial charge in [-0.3, -0.25) is 4.57 Å². The number of halogens is 1. The maximum Gasteiger partial charge on any atom is 0.273 e. The van der Waals surface area contributed by atoms with Gasteiger partial charge >= 0.3 is 0 Å². The predicted octanol–water partition coefficient (Wildman–Crippen LogP) is 2.24. The first-order valence-corrected chi connectivity index (χ1v) is 8.30. The van der Waals surface area contributed by atoms with E-state index >= 15 is 0 Å². The number of hydrogen-bond acceptors (Lipinski definition) is 4. The van der Waals surface area contributed by atoms with E-state index in [-0.39, 0.29) is 11.2 Å². The molecule has 0 unspecified atom stereocenters. The third-order valence-electron chi connectivity index (χ3n) is 2.94. The average molecular weight is 359 g/mol. The van der Waals surface area contributed by atoms with E-state index < -0.39 is 10.0 Å². The number of hydrogen-bond donors (Lipinski definition) is 1. The molecule has 0 aliphatic rings. The van der Waals surface area contributed by atoms with Crippen LogP contribution in [-0.2, 0) is 10.0 Å². The second-order valence-electron chi connectivity index (χ2n) is 4.73. The summed E-state index contributed by atoms with van der Waals surface area (Å²) in [6.45, 7) is 5.64. The Labute approximate surface area is 126 Å². The van der Waals surface area contributed by atoms with Crippen molar-refractivity contribution in [1.82, 2.24) is 14.8 Å². The van der Waals surface area contributed by atoms with Crippen LogP contribution in [0.4, 0.5) is 0 Å². The molecule has 20 heavy (non-hydrogen) atoms. The molecule has 0 aliphatic carbocycles. The van der Waals surface area contributed by atoms with Crippen LogP contribution in [0.5, 0.6) is 0 Å². The number of primary sulfonamides is 1. The SMILES string of the molecule is Cc1c(Br)cccc1-c1nnc(S(N)(=O)=O)n1C(C)C. The zero-order valence-corrected chi connectivity index (χ0v) is 13.7. The van der Waals surface area contributed by atoms with Gasteiger partial charge in [0.15, 0.2) is 5.82 Å². The van der Waals surface area contributed by atoms with Crippen molar-refractivity contribution in [3.05, 3.63) is 28.2 Å². The lowest BCUT2D eigenvalue weighted by molar-refractivity contribution is 0.524. The van der Waals surface area contributed by atoms with Crippen molar-refractivity contribution >= 4 is 26.0 Å². The lowest BCUT2D eigenvalue weighted by Crippen LogP contribution is -2.20. The number of benzene rings is 1. The Bertz CT molecular complexity index is 753. The Hall–Kier alpha value is -1.25. The number of nitrogens with zero attached hydrogens (tertiary/aromatic N) is 3.